The van der Waals surface area contributed by atoms with E-state index in [1.807, 2.05) is 0 Å². The minimum Gasteiger partial charge on any atom is -0.395 e. The molecule has 0 bridgehead atoms. The van der Waals surface area contributed by atoms with Crippen LogP contribution in [0.25, 0.3) is 10.8 Å². The molecule has 0 spiro atoms. The van der Waals surface area contributed by atoms with Crippen molar-refractivity contribution in [3.8, 4) is 0 Å². The van der Waals surface area contributed by atoms with Gasteiger partial charge in [-0.3, -0.25) is 4.90 Å². The number of benzene rings is 2. The summed E-state index contributed by atoms with van der Waals surface area (Å²) in [5.74, 6) is 0. The van der Waals surface area contributed by atoms with Crippen LogP contribution in [0, 0.1) is 0 Å². The quantitative estimate of drug-likeness (QED) is 0.826. The van der Waals surface area contributed by atoms with Gasteiger partial charge in [0.25, 0.3) is 0 Å². The van der Waals surface area contributed by atoms with Crippen LogP contribution in [-0.2, 0) is 13.1 Å². The summed E-state index contributed by atoms with van der Waals surface area (Å²) in [6.45, 7) is 2.90. The van der Waals surface area contributed by atoms with Gasteiger partial charge < -0.3 is 5.11 Å². The van der Waals surface area contributed by atoms with E-state index in [-0.39, 0.29) is 6.61 Å². The fraction of sp³-hybridized carbons (Fsp3) is 0.286. The van der Waals surface area contributed by atoms with E-state index in [1.54, 1.807) is 0 Å². The van der Waals surface area contributed by atoms with Gasteiger partial charge in [-0.2, -0.15) is 0 Å². The SMILES string of the molecule is OCCN1Cc2cccc3cccc(c23)C1. The molecule has 0 amide bonds. The number of β-amino-alcohol motifs (C(OH)–C–C–N with tert-alkyl or cyclic N) is 1. The van der Waals surface area contributed by atoms with Crippen molar-refractivity contribution < 1.29 is 5.11 Å². The van der Waals surface area contributed by atoms with Crippen LogP contribution in [0.5, 0.6) is 0 Å². The zero-order chi connectivity index (χ0) is 11.0. The van der Waals surface area contributed by atoms with Crippen LogP contribution in [-0.4, -0.2) is 23.2 Å². The lowest BCUT2D eigenvalue weighted by Gasteiger charge is -2.28. The molecule has 0 aromatic heterocycles. The van der Waals surface area contributed by atoms with Crippen LogP contribution >= 0.6 is 0 Å². The second-order valence-electron chi connectivity index (χ2n) is 4.37. The summed E-state index contributed by atoms with van der Waals surface area (Å²) in [6, 6.07) is 13.0. The van der Waals surface area contributed by atoms with Gasteiger partial charge in [-0.25, -0.2) is 0 Å². The molecule has 0 saturated carbocycles. The minimum absolute atomic E-state index is 0.234. The van der Waals surface area contributed by atoms with E-state index >= 15 is 0 Å². The Kier molecular flexibility index (Phi) is 2.39. The molecule has 1 heterocycles. The van der Waals surface area contributed by atoms with E-state index in [0.717, 1.165) is 19.6 Å². The molecule has 0 unspecified atom stereocenters. The highest BCUT2D eigenvalue weighted by Gasteiger charge is 2.17. The maximum Gasteiger partial charge on any atom is 0.0558 e. The van der Waals surface area contributed by atoms with Gasteiger partial charge in [-0.05, 0) is 21.9 Å². The lowest BCUT2D eigenvalue weighted by atomic mass is 9.95. The van der Waals surface area contributed by atoms with Crippen LogP contribution < -0.4 is 0 Å². The van der Waals surface area contributed by atoms with Gasteiger partial charge in [-0.15, -0.1) is 0 Å². The average Bonchev–Trinajstić information content (AvgIpc) is 2.30. The number of rotatable bonds is 2. The van der Waals surface area contributed by atoms with Gasteiger partial charge in [0.05, 0.1) is 6.61 Å². The zero-order valence-electron chi connectivity index (χ0n) is 9.19. The lowest BCUT2D eigenvalue weighted by molar-refractivity contribution is 0.182. The largest absolute Gasteiger partial charge is 0.395 e. The van der Waals surface area contributed by atoms with Crippen molar-refractivity contribution in [3.05, 3.63) is 47.5 Å². The van der Waals surface area contributed by atoms with Crippen molar-refractivity contribution >= 4 is 10.8 Å². The molecule has 0 saturated heterocycles. The Morgan fingerprint density at radius 1 is 1.00 bits per heavy atom. The summed E-state index contributed by atoms with van der Waals surface area (Å²) in [4.78, 5) is 2.29. The molecular weight excluding hydrogens is 198 g/mol. The molecule has 82 valence electrons. The zero-order valence-corrected chi connectivity index (χ0v) is 9.19. The molecule has 3 rings (SSSR count). The van der Waals surface area contributed by atoms with Gasteiger partial charge in [-0.1, -0.05) is 36.4 Å². The Morgan fingerprint density at radius 3 is 2.19 bits per heavy atom. The van der Waals surface area contributed by atoms with E-state index in [0.29, 0.717) is 0 Å². The van der Waals surface area contributed by atoms with Crippen molar-refractivity contribution in [1.82, 2.24) is 4.90 Å². The van der Waals surface area contributed by atoms with Gasteiger partial charge >= 0.3 is 0 Å². The van der Waals surface area contributed by atoms with Crippen LogP contribution in [0.3, 0.4) is 0 Å². The Hall–Kier alpha value is -1.38. The molecule has 0 radical (unpaired) electrons. The lowest BCUT2D eigenvalue weighted by Crippen LogP contribution is -2.29. The van der Waals surface area contributed by atoms with E-state index in [1.165, 1.54) is 21.9 Å². The van der Waals surface area contributed by atoms with Crippen LogP contribution in [0.1, 0.15) is 11.1 Å². The first-order valence-corrected chi connectivity index (χ1v) is 5.71. The summed E-state index contributed by atoms with van der Waals surface area (Å²) < 4.78 is 0. The monoisotopic (exact) mass is 213 g/mol. The van der Waals surface area contributed by atoms with Crippen LogP contribution in [0.2, 0.25) is 0 Å². The molecule has 0 aliphatic carbocycles. The van der Waals surface area contributed by atoms with E-state index in [4.69, 9.17) is 5.11 Å². The molecule has 0 atom stereocenters. The van der Waals surface area contributed by atoms with Crippen molar-refractivity contribution in [2.75, 3.05) is 13.2 Å². The van der Waals surface area contributed by atoms with Crippen molar-refractivity contribution in [1.29, 1.82) is 0 Å². The number of nitrogens with zero attached hydrogens (tertiary/aromatic N) is 1. The van der Waals surface area contributed by atoms with Crippen molar-refractivity contribution in [2.24, 2.45) is 0 Å². The molecule has 2 aromatic carbocycles. The standard InChI is InChI=1S/C14H15NO/c16-8-7-15-9-12-5-1-3-11-4-2-6-13(10-15)14(11)12/h1-6,16H,7-10H2. The molecule has 2 heteroatoms. The smallest absolute Gasteiger partial charge is 0.0558 e. The fourth-order valence-corrected chi connectivity index (χ4v) is 2.60. The van der Waals surface area contributed by atoms with Crippen molar-refractivity contribution in [3.63, 3.8) is 0 Å². The molecule has 2 aromatic rings. The highest BCUT2D eigenvalue weighted by atomic mass is 16.3. The second-order valence-corrected chi connectivity index (χ2v) is 4.37. The molecule has 0 fully saturated rings. The first kappa shape index (κ1) is 9.82. The predicted octanol–water partition coefficient (Wildman–Crippen LogP) is 2.15. The number of aliphatic hydroxyl groups excluding tert-OH is 1. The second kappa shape index (κ2) is 3.89. The molecule has 1 aliphatic heterocycles. The highest BCUT2D eigenvalue weighted by molar-refractivity contribution is 5.89. The van der Waals surface area contributed by atoms with Gasteiger partial charge in [0.1, 0.15) is 0 Å². The topological polar surface area (TPSA) is 23.5 Å². The minimum atomic E-state index is 0.234. The summed E-state index contributed by atoms with van der Waals surface area (Å²) in [5.41, 5.74) is 2.76. The molecular formula is C14H15NO. The van der Waals surface area contributed by atoms with Crippen molar-refractivity contribution in [2.45, 2.75) is 13.1 Å². The molecule has 2 nitrogen and oxygen atoms in total. The van der Waals surface area contributed by atoms with E-state index in [9.17, 15) is 0 Å². The maximum atomic E-state index is 9.02. The Labute approximate surface area is 95.1 Å². The summed E-state index contributed by atoms with van der Waals surface area (Å²) >= 11 is 0. The Balaban J connectivity index is 2.12. The van der Waals surface area contributed by atoms with Gasteiger partial charge in [0.2, 0.25) is 0 Å². The number of hydrogen-bond donors (Lipinski definition) is 1. The average molecular weight is 213 g/mol. The van der Waals surface area contributed by atoms with E-state index < -0.39 is 0 Å². The van der Waals surface area contributed by atoms with Gasteiger partial charge in [0, 0.05) is 19.6 Å². The predicted molar refractivity (Wildman–Crippen MR) is 65.1 cm³/mol. The third-order valence-corrected chi connectivity index (χ3v) is 3.28. The molecule has 16 heavy (non-hydrogen) atoms. The van der Waals surface area contributed by atoms with E-state index in [2.05, 4.69) is 41.3 Å². The summed E-state index contributed by atoms with van der Waals surface area (Å²) in [7, 11) is 0. The molecule has 1 aliphatic rings. The summed E-state index contributed by atoms with van der Waals surface area (Å²) in [5, 5.41) is 11.8. The third-order valence-electron chi connectivity index (χ3n) is 3.28. The molecule has 1 N–H and O–H groups in total. The highest BCUT2D eigenvalue weighted by Crippen LogP contribution is 2.29. The maximum absolute atomic E-state index is 9.02. The number of aliphatic hydroxyl groups is 1. The Morgan fingerprint density at radius 2 is 1.62 bits per heavy atom. The third kappa shape index (κ3) is 1.51. The van der Waals surface area contributed by atoms with Gasteiger partial charge in [0.15, 0.2) is 0 Å². The first-order chi connectivity index (χ1) is 7.88. The van der Waals surface area contributed by atoms with Crippen LogP contribution in [0.15, 0.2) is 36.4 Å². The normalized spacial score (nSPS) is 15.6. The fourth-order valence-electron chi connectivity index (χ4n) is 2.60. The number of hydrogen-bond acceptors (Lipinski definition) is 2. The summed E-state index contributed by atoms with van der Waals surface area (Å²) in [6.07, 6.45) is 0. The first-order valence-electron chi connectivity index (χ1n) is 5.71. The Bertz CT molecular complexity index is 480. The van der Waals surface area contributed by atoms with Crippen LogP contribution in [0.4, 0.5) is 0 Å².